The Morgan fingerprint density at radius 2 is 1.60 bits per heavy atom. The minimum absolute atomic E-state index is 0.0135. The second-order valence-electron chi connectivity index (χ2n) is 11.7. The van der Waals surface area contributed by atoms with Gasteiger partial charge < -0.3 is 11.1 Å². The lowest BCUT2D eigenvalue weighted by Gasteiger charge is -2.40. The van der Waals surface area contributed by atoms with Crippen LogP contribution in [0.2, 0.25) is 5.02 Å². The van der Waals surface area contributed by atoms with Gasteiger partial charge in [0, 0.05) is 43.6 Å². The SMILES string of the molecule is C[C@H]1CNC[C@H](CCc2c(F)cccc2CC(=O)[C@@H](N)[C@@H](c2ccc(F)cc2)c2cc(F)cc(F)c2)N1S(=O)(=O)c1ccccc1Cl. The highest BCUT2D eigenvalue weighted by molar-refractivity contribution is 7.89. The van der Waals surface area contributed by atoms with E-state index in [2.05, 4.69) is 5.32 Å². The zero-order valence-corrected chi connectivity index (χ0v) is 27.0. The Kier molecular flexibility index (Phi) is 10.8. The second-order valence-corrected chi connectivity index (χ2v) is 14.0. The number of nitrogens with two attached hydrogens (primary N) is 1. The number of hydrogen-bond donors (Lipinski definition) is 2. The maximum absolute atomic E-state index is 15.4. The predicted octanol–water partition coefficient (Wildman–Crippen LogP) is 6.15. The van der Waals surface area contributed by atoms with Crippen molar-refractivity contribution in [2.75, 3.05) is 13.1 Å². The van der Waals surface area contributed by atoms with Gasteiger partial charge in [-0.2, -0.15) is 4.31 Å². The number of halogens is 5. The van der Waals surface area contributed by atoms with Gasteiger partial charge in [-0.25, -0.2) is 26.0 Å². The summed E-state index contributed by atoms with van der Waals surface area (Å²) in [6.45, 7) is 2.53. The van der Waals surface area contributed by atoms with Crippen molar-refractivity contribution in [1.29, 1.82) is 0 Å². The molecule has 5 rings (SSSR count). The molecule has 4 aromatic carbocycles. The van der Waals surface area contributed by atoms with Crippen LogP contribution in [0.1, 0.15) is 41.5 Å². The molecule has 1 aliphatic heterocycles. The van der Waals surface area contributed by atoms with Gasteiger partial charge in [-0.1, -0.05) is 48.0 Å². The number of sulfonamides is 1. The Labute approximate surface area is 276 Å². The van der Waals surface area contributed by atoms with Gasteiger partial charge >= 0.3 is 0 Å². The summed E-state index contributed by atoms with van der Waals surface area (Å²) >= 11 is 6.27. The van der Waals surface area contributed by atoms with Gasteiger partial charge in [0.05, 0.1) is 11.1 Å². The fraction of sp³-hybridized carbons (Fsp3) is 0.286. The van der Waals surface area contributed by atoms with E-state index in [0.717, 1.165) is 24.3 Å². The standard InChI is InChI=1S/C35H34ClF4N3O3S/c1-21-19-42-20-28(43(21)47(45,46)33-8-3-2-6-30(33)36)13-14-29-23(5-4-7-31(29)40)17-32(44)35(41)34(22-9-11-25(37)12-10-22)24-15-26(38)18-27(39)16-24/h2-12,15-16,18,21,28,34-35,42H,13-14,17,19-20,41H2,1H3/t21-,28-,34-,35+/m0/s1. The summed E-state index contributed by atoms with van der Waals surface area (Å²) in [5.41, 5.74) is 7.51. The lowest BCUT2D eigenvalue weighted by molar-refractivity contribution is -0.119. The number of carbonyl (C=O) groups is 1. The molecule has 0 aromatic heterocycles. The summed E-state index contributed by atoms with van der Waals surface area (Å²) < 4.78 is 86.5. The predicted molar refractivity (Wildman–Crippen MR) is 173 cm³/mol. The molecule has 0 radical (unpaired) electrons. The number of rotatable bonds is 11. The van der Waals surface area contributed by atoms with Gasteiger partial charge in [0.25, 0.3) is 0 Å². The van der Waals surface area contributed by atoms with Crippen LogP contribution in [0.4, 0.5) is 17.6 Å². The van der Waals surface area contributed by atoms with Crippen molar-refractivity contribution in [3.05, 3.63) is 135 Å². The van der Waals surface area contributed by atoms with E-state index in [0.29, 0.717) is 30.3 Å². The van der Waals surface area contributed by atoms with Gasteiger partial charge in [-0.05, 0) is 84.5 Å². The number of benzene rings is 4. The first-order chi connectivity index (χ1) is 22.4. The average molecular weight is 688 g/mol. The van der Waals surface area contributed by atoms with Crippen LogP contribution in [0.25, 0.3) is 0 Å². The van der Waals surface area contributed by atoms with E-state index in [1.807, 2.05) is 0 Å². The lowest BCUT2D eigenvalue weighted by Crippen LogP contribution is -2.58. The van der Waals surface area contributed by atoms with Gasteiger partial charge in [-0.15, -0.1) is 0 Å². The third kappa shape index (κ3) is 7.76. The minimum atomic E-state index is -4.00. The van der Waals surface area contributed by atoms with E-state index in [-0.39, 0.29) is 40.3 Å². The van der Waals surface area contributed by atoms with Crippen molar-refractivity contribution in [2.45, 2.75) is 55.1 Å². The molecular formula is C35H34ClF4N3O3S. The first kappa shape index (κ1) is 34.7. The zero-order valence-electron chi connectivity index (χ0n) is 25.5. The Hall–Kier alpha value is -3.61. The monoisotopic (exact) mass is 687 g/mol. The number of carbonyl (C=O) groups excluding carboxylic acids is 1. The van der Waals surface area contributed by atoms with Crippen molar-refractivity contribution >= 4 is 27.4 Å². The smallest absolute Gasteiger partial charge is 0.245 e. The molecule has 0 spiro atoms. The summed E-state index contributed by atoms with van der Waals surface area (Å²) in [5.74, 6) is -4.39. The van der Waals surface area contributed by atoms with Crippen molar-refractivity contribution in [3.8, 4) is 0 Å². The fourth-order valence-electron chi connectivity index (χ4n) is 6.31. The maximum atomic E-state index is 15.4. The molecule has 0 unspecified atom stereocenters. The van der Waals surface area contributed by atoms with Crippen LogP contribution >= 0.6 is 11.6 Å². The molecule has 12 heteroatoms. The highest BCUT2D eigenvalue weighted by Gasteiger charge is 2.39. The fourth-order valence-corrected chi connectivity index (χ4v) is 8.65. The van der Waals surface area contributed by atoms with E-state index < -0.39 is 63.1 Å². The number of Topliss-reactive ketones (excluding diaryl/α,β-unsaturated/α-hetero) is 1. The third-order valence-electron chi connectivity index (χ3n) is 8.52. The molecular weight excluding hydrogens is 654 g/mol. The summed E-state index contributed by atoms with van der Waals surface area (Å²) in [7, 11) is -4.00. The first-order valence-electron chi connectivity index (χ1n) is 15.1. The molecule has 4 atom stereocenters. The lowest BCUT2D eigenvalue weighted by atomic mass is 9.82. The van der Waals surface area contributed by atoms with Gasteiger partial charge in [-0.3, -0.25) is 4.79 Å². The Morgan fingerprint density at radius 3 is 2.28 bits per heavy atom. The largest absolute Gasteiger partial charge is 0.321 e. The molecule has 1 fully saturated rings. The second kappa shape index (κ2) is 14.7. The van der Waals surface area contributed by atoms with Crippen molar-refractivity contribution in [2.24, 2.45) is 5.73 Å². The molecule has 47 heavy (non-hydrogen) atoms. The summed E-state index contributed by atoms with van der Waals surface area (Å²) in [6, 6.07) is 16.2. The molecule has 4 aromatic rings. The highest BCUT2D eigenvalue weighted by Crippen LogP contribution is 2.32. The van der Waals surface area contributed by atoms with E-state index in [1.165, 1.54) is 40.7 Å². The van der Waals surface area contributed by atoms with Crippen molar-refractivity contribution in [3.63, 3.8) is 0 Å². The molecule has 1 aliphatic rings. The van der Waals surface area contributed by atoms with E-state index in [9.17, 15) is 26.4 Å². The molecule has 6 nitrogen and oxygen atoms in total. The molecule has 1 heterocycles. The zero-order chi connectivity index (χ0) is 33.9. The molecule has 1 saturated heterocycles. The number of hydrogen-bond acceptors (Lipinski definition) is 5. The number of piperazine rings is 1. The van der Waals surface area contributed by atoms with Gasteiger partial charge in [0.2, 0.25) is 10.0 Å². The minimum Gasteiger partial charge on any atom is -0.321 e. The van der Waals surface area contributed by atoms with E-state index in [4.69, 9.17) is 17.3 Å². The van der Waals surface area contributed by atoms with Crippen LogP contribution in [0, 0.1) is 23.3 Å². The Bertz CT molecular complexity index is 1840. The van der Waals surface area contributed by atoms with Gasteiger partial charge in [0.1, 0.15) is 28.2 Å². The third-order valence-corrected chi connectivity index (χ3v) is 11.1. The van der Waals surface area contributed by atoms with Crippen LogP contribution in [0.3, 0.4) is 0 Å². The molecule has 0 amide bonds. The van der Waals surface area contributed by atoms with Crippen LogP contribution in [0.5, 0.6) is 0 Å². The van der Waals surface area contributed by atoms with Gasteiger partial charge in [0.15, 0.2) is 5.78 Å². The summed E-state index contributed by atoms with van der Waals surface area (Å²) in [4.78, 5) is 13.7. The molecule has 0 bridgehead atoms. The van der Waals surface area contributed by atoms with E-state index >= 15 is 4.39 Å². The van der Waals surface area contributed by atoms with Crippen LogP contribution < -0.4 is 11.1 Å². The number of nitrogens with zero attached hydrogens (tertiary/aromatic N) is 1. The van der Waals surface area contributed by atoms with E-state index in [1.54, 1.807) is 25.1 Å². The molecule has 3 N–H and O–H groups in total. The highest BCUT2D eigenvalue weighted by atomic mass is 35.5. The van der Waals surface area contributed by atoms with Crippen molar-refractivity contribution in [1.82, 2.24) is 9.62 Å². The Balaban J connectivity index is 1.40. The first-order valence-corrected chi connectivity index (χ1v) is 16.9. The Morgan fingerprint density at radius 1 is 0.915 bits per heavy atom. The molecule has 248 valence electrons. The van der Waals surface area contributed by atoms with Crippen LogP contribution in [-0.4, -0.2) is 49.7 Å². The number of nitrogens with one attached hydrogen (secondary N) is 1. The van der Waals surface area contributed by atoms with Crippen molar-refractivity contribution < 1.29 is 30.8 Å². The summed E-state index contributed by atoms with van der Waals surface area (Å²) in [5, 5.41) is 3.34. The van der Waals surface area contributed by atoms with Crippen LogP contribution in [0.15, 0.2) is 89.8 Å². The molecule has 0 saturated carbocycles. The normalized spacial score (nSPS) is 18.5. The maximum Gasteiger partial charge on any atom is 0.245 e. The molecule has 0 aliphatic carbocycles. The summed E-state index contributed by atoms with van der Waals surface area (Å²) in [6.07, 6.45) is 0.0370. The topological polar surface area (TPSA) is 92.5 Å². The van der Waals surface area contributed by atoms with Crippen LogP contribution in [-0.2, 0) is 27.7 Å². The number of ketones is 1. The quantitative estimate of drug-likeness (QED) is 0.185. The average Bonchev–Trinajstić information content (AvgIpc) is 3.01.